The molecule has 3 aromatic rings. The van der Waals surface area contributed by atoms with Gasteiger partial charge in [-0.15, -0.1) is 0 Å². The Morgan fingerprint density at radius 1 is 1.00 bits per heavy atom. The van der Waals surface area contributed by atoms with Gasteiger partial charge in [-0.1, -0.05) is 38.1 Å². The SMILES string of the molecule is COC(=O)CC(c1ccc(C(C)C)cc1)c1oc(CN2CCc3cc(OC)c(OC)cc3C2)cc(=O)c1O. The molecule has 38 heavy (non-hydrogen) atoms. The van der Waals surface area contributed by atoms with Crippen LogP contribution in [0.15, 0.2) is 51.7 Å². The zero-order valence-electron chi connectivity index (χ0n) is 22.6. The van der Waals surface area contributed by atoms with Crippen LogP contribution in [0.2, 0.25) is 0 Å². The standard InChI is InChI=1S/C30H35NO7/c1-18(2)19-6-8-20(9-7-19)24(15-28(33)37-5)30-29(34)25(32)14-23(38-30)17-31-11-10-21-12-26(35-3)27(36-4)13-22(21)16-31/h6-9,12-14,18,24,34H,10-11,15-17H2,1-5H3. The summed E-state index contributed by atoms with van der Waals surface area (Å²) < 4.78 is 22.0. The van der Waals surface area contributed by atoms with E-state index in [1.165, 1.54) is 18.7 Å². The lowest BCUT2D eigenvalue weighted by Crippen LogP contribution is -2.30. The minimum atomic E-state index is -0.671. The predicted octanol–water partition coefficient (Wildman–Crippen LogP) is 4.74. The Labute approximate surface area is 222 Å². The molecule has 0 aliphatic carbocycles. The molecule has 0 saturated heterocycles. The van der Waals surface area contributed by atoms with Crippen molar-refractivity contribution in [1.29, 1.82) is 0 Å². The molecule has 2 aromatic carbocycles. The van der Waals surface area contributed by atoms with Gasteiger partial charge in [0.25, 0.3) is 0 Å². The van der Waals surface area contributed by atoms with Crippen molar-refractivity contribution in [3.05, 3.63) is 86.5 Å². The number of esters is 1. The quantitative estimate of drug-likeness (QED) is 0.403. The first kappa shape index (κ1) is 27.3. The normalized spacial score (nSPS) is 14.2. The van der Waals surface area contributed by atoms with Gasteiger partial charge in [0, 0.05) is 19.2 Å². The summed E-state index contributed by atoms with van der Waals surface area (Å²) >= 11 is 0. The zero-order valence-corrected chi connectivity index (χ0v) is 22.6. The van der Waals surface area contributed by atoms with Gasteiger partial charge in [-0.05, 0) is 46.7 Å². The van der Waals surface area contributed by atoms with Gasteiger partial charge < -0.3 is 23.7 Å². The van der Waals surface area contributed by atoms with E-state index in [9.17, 15) is 14.7 Å². The van der Waals surface area contributed by atoms with E-state index in [-0.39, 0.29) is 12.2 Å². The van der Waals surface area contributed by atoms with Crippen molar-refractivity contribution in [1.82, 2.24) is 4.90 Å². The summed E-state index contributed by atoms with van der Waals surface area (Å²) in [6.45, 7) is 5.96. The number of carbonyl (C=O) groups is 1. The van der Waals surface area contributed by atoms with E-state index in [0.717, 1.165) is 29.7 Å². The Balaban J connectivity index is 1.64. The Morgan fingerprint density at radius 2 is 1.63 bits per heavy atom. The van der Waals surface area contributed by atoms with Gasteiger partial charge in [-0.2, -0.15) is 0 Å². The highest BCUT2D eigenvalue weighted by atomic mass is 16.5. The summed E-state index contributed by atoms with van der Waals surface area (Å²) in [5.41, 5.74) is 3.66. The van der Waals surface area contributed by atoms with Gasteiger partial charge in [0.1, 0.15) is 5.76 Å². The maximum Gasteiger partial charge on any atom is 0.306 e. The number of aromatic hydroxyl groups is 1. The molecule has 0 radical (unpaired) electrons. The predicted molar refractivity (Wildman–Crippen MR) is 143 cm³/mol. The van der Waals surface area contributed by atoms with Crippen LogP contribution in [0.25, 0.3) is 0 Å². The smallest absolute Gasteiger partial charge is 0.306 e. The number of rotatable bonds is 9. The van der Waals surface area contributed by atoms with Crippen LogP contribution in [0.3, 0.4) is 0 Å². The lowest BCUT2D eigenvalue weighted by molar-refractivity contribution is -0.140. The van der Waals surface area contributed by atoms with Crippen LogP contribution in [-0.2, 0) is 29.0 Å². The third-order valence-corrected chi connectivity index (χ3v) is 7.10. The molecule has 0 fully saturated rings. The average molecular weight is 522 g/mol. The molecule has 1 aliphatic rings. The van der Waals surface area contributed by atoms with Gasteiger partial charge >= 0.3 is 5.97 Å². The van der Waals surface area contributed by atoms with Crippen LogP contribution < -0.4 is 14.9 Å². The monoisotopic (exact) mass is 521 g/mol. The fraction of sp³-hybridized carbons (Fsp3) is 0.400. The van der Waals surface area contributed by atoms with Crippen molar-refractivity contribution >= 4 is 5.97 Å². The molecule has 1 aromatic heterocycles. The molecule has 1 aliphatic heterocycles. The second-order valence-corrected chi connectivity index (χ2v) is 9.88. The van der Waals surface area contributed by atoms with Gasteiger partial charge in [-0.25, -0.2) is 0 Å². The van der Waals surface area contributed by atoms with Crippen molar-refractivity contribution in [3.63, 3.8) is 0 Å². The van der Waals surface area contributed by atoms with E-state index in [0.29, 0.717) is 36.3 Å². The maximum atomic E-state index is 12.8. The second-order valence-electron chi connectivity index (χ2n) is 9.88. The van der Waals surface area contributed by atoms with Gasteiger partial charge in [-0.3, -0.25) is 14.5 Å². The van der Waals surface area contributed by atoms with E-state index in [1.807, 2.05) is 36.4 Å². The number of hydrogen-bond donors (Lipinski definition) is 1. The van der Waals surface area contributed by atoms with Crippen molar-refractivity contribution < 1.29 is 28.5 Å². The highest BCUT2D eigenvalue weighted by Gasteiger charge is 2.28. The average Bonchev–Trinajstić information content (AvgIpc) is 2.92. The number of carbonyl (C=O) groups excluding carboxylic acids is 1. The van der Waals surface area contributed by atoms with Crippen LogP contribution in [0.1, 0.15) is 65.9 Å². The molecule has 0 spiro atoms. The van der Waals surface area contributed by atoms with E-state index >= 15 is 0 Å². The van der Waals surface area contributed by atoms with Gasteiger partial charge in [0.2, 0.25) is 11.2 Å². The number of hydrogen-bond acceptors (Lipinski definition) is 8. The number of fused-ring (bicyclic) bond motifs is 1. The van der Waals surface area contributed by atoms with E-state index < -0.39 is 23.1 Å². The number of ether oxygens (including phenoxy) is 3. The Morgan fingerprint density at radius 3 is 2.24 bits per heavy atom. The fourth-order valence-electron chi connectivity index (χ4n) is 4.89. The second kappa shape index (κ2) is 11.7. The van der Waals surface area contributed by atoms with E-state index in [2.05, 4.69) is 18.7 Å². The largest absolute Gasteiger partial charge is 0.502 e. The lowest BCUT2D eigenvalue weighted by Gasteiger charge is -2.29. The van der Waals surface area contributed by atoms with Crippen molar-refractivity contribution in [3.8, 4) is 17.2 Å². The molecule has 1 unspecified atom stereocenters. The molecular weight excluding hydrogens is 486 g/mol. The van der Waals surface area contributed by atoms with Crippen molar-refractivity contribution in [2.24, 2.45) is 0 Å². The van der Waals surface area contributed by atoms with Gasteiger partial charge in [0.05, 0.1) is 40.2 Å². The summed E-state index contributed by atoms with van der Waals surface area (Å²) in [5, 5.41) is 10.7. The summed E-state index contributed by atoms with van der Waals surface area (Å²) in [6, 6.07) is 13.1. The minimum Gasteiger partial charge on any atom is -0.502 e. The van der Waals surface area contributed by atoms with Crippen molar-refractivity contribution in [2.45, 2.75) is 51.6 Å². The third kappa shape index (κ3) is 5.86. The first-order valence-electron chi connectivity index (χ1n) is 12.7. The maximum absolute atomic E-state index is 12.8. The zero-order chi connectivity index (χ0) is 27.4. The Hall–Kier alpha value is -3.78. The van der Waals surface area contributed by atoms with Crippen LogP contribution in [0.5, 0.6) is 17.2 Å². The summed E-state index contributed by atoms with van der Waals surface area (Å²) in [4.78, 5) is 27.3. The molecule has 4 rings (SSSR count). The molecule has 1 N–H and O–H groups in total. The third-order valence-electron chi connectivity index (χ3n) is 7.10. The number of nitrogens with zero attached hydrogens (tertiary/aromatic N) is 1. The first-order chi connectivity index (χ1) is 18.2. The molecule has 2 heterocycles. The fourth-order valence-corrected chi connectivity index (χ4v) is 4.89. The minimum absolute atomic E-state index is 0.0685. The van der Waals surface area contributed by atoms with Crippen LogP contribution in [-0.4, -0.2) is 43.8 Å². The summed E-state index contributed by atoms with van der Waals surface area (Å²) in [7, 11) is 4.54. The van der Waals surface area contributed by atoms with Gasteiger partial charge in [0.15, 0.2) is 17.3 Å². The summed E-state index contributed by atoms with van der Waals surface area (Å²) in [6.07, 6.45) is 0.730. The van der Waals surface area contributed by atoms with E-state index in [1.54, 1.807) is 14.2 Å². The molecule has 202 valence electrons. The Kier molecular flexibility index (Phi) is 8.42. The van der Waals surface area contributed by atoms with Crippen LogP contribution in [0.4, 0.5) is 0 Å². The molecule has 0 amide bonds. The highest BCUT2D eigenvalue weighted by molar-refractivity contribution is 5.71. The topological polar surface area (TPSA) is 98.4 Å². The molecule has 0 saturated carbocycles. The Bertz CT molecular complexity index is 1340. The first-order valence-corrected chi connectivity index (χ1v) is 12.7. The van der Waals surface area contributed by atoms with E-state index in [4.69, 9.17) is 18.6 Å². The molecule has 8 nitrogen and oxygen atoms in total. The number of methoxy groups -OCH3 is 3. The molecular formula is C30H35NO7. The number of benzene rings is 2. The lowest BCUT2D eigenvalue weighted by atomic mass is 9.90. The highest BCUT2D eigenvalue weighted by Crippen LogP contribution is 2.36. The molecule has 0 bridgehead atoms. The summed E-state index contributed by atoms with van der Waals surface area (Å²) in [5.74, 6) is 0.569. The van der Waals surface area contributed by atoms with Crippen molar-refractivity contribution in [2.75, 3.05) is 27.9 Å². The van der Waals surface area contributed by atoms with Crippen LogP contribution in [0, 0.1) is 0 Å². The molecule has 8 heteroatoms. The van der Waals surface area contributed by atoms with Crippen LogP contribution >= 0.6 is 0 Å². The molecule has 1 atom stereocenters.